The first-order valence-corrected chi connectivity index (χ1v) is 7.12. The fraction of sp³-hybridized carbons (Fsp3) is 1.00. The molecule has 0 atom stereocenters. The van der Waals surface area contributed by atoms with Crippen molar-refractivity contribution in [1.29, 1.82) is 0 Å². The molecular formula is C17H36. The van der Waals surface area contributed by atoms with Gasteiger partial charge in [0.2, 0.25) is 0 Å². The van der Waals surface area contributed by atoms with Crippen molar-refractivity contribution < 1.29 is 0 Å². The van der Waals surface area contributed by atoms with Gasteiger partial charge in [-0.05, 0) is 40.9 Å². The fourth-order valence-electron chi connectivity index (χ4n) is 4.29. The van der Waals surface area contributed by atoms with Crippen molar-refractivity contribution >= 4 is 0 Å². The third-order valence-corrected chi connectivity index (χ3v) is 2.97. The van der Waals surface area contributed by atoms with Gasteiger partial charge in [0.1, 0.15) is 0 Å². The van der Waals surface area contributed by atoms with Crippen molar-refractivity contribution in [2.24, 2.45) is 21.7 Å². The van der Waals surface area contributed by atoms with Gasteiger partial charge >= 0.3 is 0 Å². The van der Waals surface area contributed by atoms with Crippen molar-refractivity contribution in [2.75, 3.05) is 0 Å². The molecule has 0 nitrogen and oxygen atoms in total. The zero-order valence-electron chi connectivity index (χ0n) is 14.1. The zero-order valence-corrected chi connectivity index (χ0v) is 14.1. The second-order valence-corrected chi connectivity index (χ2v) is 9.98. The largest absolute Gasteiger partial charge is 0.0602 e. The van der Waals surface area contributed by atoms with Crippen LogP contribution in [0.1, 0.15) is 88.5 Å². The maximum atomic E-state index is 2.43. The summed E-state index contributed by atoms with van der Waals surface area (Å²) in [7, 11) is 0. The van der Waals surface area contributed by atoms with E-state index in [1.165, 1.54) is 19.3 Å². The van der Waals surface area contributed by atoms with Crippen molar-refractivity contribution in [3.05, 3.63) is 0 Å². The zero-order chi connectivity index (χ0) is 14.1. The fourth-order valence-corrected chi connectivity index (χ4v) is 4.29. The minimum Gasteiger partial charge on any atom is -0.0602 e. The van der Waals surface area contributed by atoms with Gasteiger partial charge < -0.3 is 0 Å². The first-order chi connectivity index (χ1) is 7.12. The summed E-state index contributed by atoms with van der Waals surface area (Å²) in [5, 5.41) is 0. The summed E-state index contributed by atoms with van der Waals surface area (Å²) in [6, 6.07) is 0. The quantitative estimate of drug-likeness (QED) is 0.541. The second-order valence-electron chi connectivity index (χ2n) is 9.98. The molecule has 0 heterocycles. The predicted molar refractivity (Wildman–Crippen MR) is 80.3 cm³/mol. The van der Waals surface area contributed by atoms with E-state index >= 15 is 0 Å². The molecule has 0 spiro atoms. The number of rotatable bonds is 4. The summed E-state index contributed by atoms with van der Waals surface area (Å²) < 4.78 is 0. The van der Waals surface area contributed by atoms with Crippen LogP contribution in [0.3, 0.4) is 0 Å². The smallest absolute Gasteiger partial charge is 0.0344 e. The molecule has 0 fully saturated rings. The van der Waals surface area contributed by atoms with E-state index in [0.29, 0.717) is 21.7 Å². The summed E-state index contributed by atoms with van der Waals surface area (Å²) in [6.45, 7) is 23.8. The lowest BCUT2D eigenvalue weighted by Crippen LogP contribution is -2.30. The Morgan fingerprint density at radius 3 is 0.824 bits per heavy atom. The highest BCUT2D eigenvalue weighted by molar-refractivity contribution is 4.85. The lowest BCUT2D eigenvalue weighted by Gasteiger charge is -2.41. The average Bonchev–Trinajstić information content (AvgIpc) is 1.65. The van der Waals surface area contributed by atoms with E-state index in [4.69, 9.17) is 0 Å². The SMILES string of the molecule is CC(C)(C)CC(C)(C)CC(C)(C)CC(C)(C)C. The Bertz CT molecular complexity index is 204. The van der Waals surface area contributed by atoms with Gasteiger partial charge in [-0.25, -0.2) is 0 Å². The van der Waals surface area contributed by atoms with Crippen LogP contribution in [0.2, 0.25) is 0 Å². The van der Waals surface area contributed by atoms with Crippen LogP contribution in [-0.4, -0.2) is 0 Å². The lowest BCUT2D eigenvalue weighted by molar-refractivity contribution is 0.0997. The van der Waals surface area contributed by atoms with Crippen LogP contribution in [0.25, 0.3) is 0 Å². The summed E-state index contributed by atoms with van der Waals surface area (Å²) in [6.07, 6.45) is 3.91. The molecule has 0 radical (unpaired) electrons. The third-order valence-electron chi connectivity index (χ3n) is 2.97. The van der Waals surface area contributed by atoms with Crippen LogP contribution in [0, 0.1) is 21.7 Å². The summed E-state index contributed by atoms with van der Waals surface area (Å²) >= 11 is 0. The molecule has 0 heteroatoms. The maximum absolute atomic E-state index is 2.43. The minimum atomic E-state index is 0.432. The van der Waals surface area contributed by atoms with Crippen molar-refractivity contribution in [3.8, 4) is 0 Å². The van der Waals surface area contributed by atoms with Gasteiger partial charge in [0.15, 0.2) is 0 Å². The Kier molecular flexibility index (Phi) is 4.94. The van der Waals surface area contributed by atoms with Gasteiger partial charge in [0, 0.05) is 0 Å². The lowest BCUT2D eigenvalue weighted by atomic mass is 9.64. The highest BCUT2D eigenvalue weighted by Crippen LogP contribution is 2.45. The summed E-state index contributed by atoms with van der Waals surface area (Å²) in [5.41, 5.74) is 1.74. The van der Waals surface area contributed by atoms with Crippen LogP contribution in [0.15, 0.2) is 0 Å². The Morgan fingerprint density at radius 1 is 0.412 bits per heavy atom. The molecule has 0 aliphatic rings. The van der Waals surface area contributed by atoms with E-state index < -0.39 is 0 Å². The van der Waals surface area contributed by atoms with Gasteiger partial charge in [0.05, 0.1) is 0 Å². The Labute approximate surface area is 111 Å². The van der Waals surface area contributed by atoms with Crippen LogP contribution in [-0.2, 0) is 0 Å². The third kappa shape index (κ3) is 9.68. The van der Waals surface area contributed by atoms with Crippen molar-refractivity contribution in [1.82, 2.24) is 0 Å². The van der Waals surface area contributed by atoms with Gasteiger partial charge in [-0.15, -0.1) is 0 Å². The highest BCUT2D eigenvalue weighted by Gasteiger charge is 2.34. The molecule has 0 rings (SSSR count). The monoisotopic (exact) mass is 240 g/mol. The molecule has 0 amide bonds. The van der Waals surface area contributed by atoms with Gasteiger partial charge in [-0.1, -0.05) is 69.2 Å². The Hall–Kier alpha value is 0. The summed E-state index contributed by atoms with van der Waals surface area (Å²) in [4.78, 5) is 0. The first kappa shape index (κ1) is 17.0. The molecule has 17 heavy (non-hydrogen) atoms. The minimum absolute atomic E-state index is 0.432. The molecule has 104 valence electrons. The molecule has 0 aliphatic heterocycles. The normalized spacial score (nSPS) is 15.2. The van der Waals surface area contributed by atoms with E-state index in [0.717, 1.165) is 0 Å². The van der Waals surface area contributed by atoms with Crippen LogP contribution in [0.4, 0.5) is 0 Å². The van der Waals surface area contributed by atoms with Crippen molar-refractivity contribution in [2.45, 2.75) is 88.5 Å². The van der Waals surface area contributed by atoms with E-state index in [-0.39, 0.29) is 0 Å². The van der Waals surface area contributed by atoms with Gasteiger partial charge in [0.25, 0.3) is 0 Å². The second kappa shape index (κ2) is 4.94. The predicted octanol–water partition coefficient (Wildman–Crippen LogP) is 6.30. The molecule has 0 aromatic heterocycles. The van der Waals surface area contributed by atoms with E-state index in [9.17, 15) is 0 Å². The van der Waals surface area contributed by atoms with Crippen molar-refractivity contribution in [3.63, 3.8) is 0 Å². The van der Waals surface area contributed by atoms with E-state index in [2.05, 4.69) is 69.2 Å². The standard InChI is InChI=1S/C17H36/c1-14(2,3)11-16(7,8)13-17(9,10)12-15(4,5)6/h11-13H2,1-10H3. The molecule has 0 aliphatic carbocycles. The molecule has 0 N–H and O–H groups in total. The summed E-state index contributed by atoms with van der Waals surface area (Å²) in [5.74, 6) is 0. The van der Waals surface area contributed by atoms with E-state index in [1.807, 2.05) is 0 Å². The number of hydrogen-bond acceptors (Lipinski definition) is 0. The van der Waals surface area contributed by atoms with Gasteiger partial charge in [-0.3, -0.25) is 0 Å². The van der Waals surface area contributed by atoms with Gasteiger partial charge in [-0.2, -0.15) is 0 Å². The molecular weight excluding hydrogens is 204 g/mol. The maximum Gasteiger partial charge on any atom is -0.0344 e. The van der Waals surface area contributed by atoms with Crippen LogP contribution >= 0.6 is 0 Å². The van der Waals surface area contributed by atoms with Crippen LogP contribution < -0.4 is 0 Å². The molecule has 0 unspecified atom stereocenters. The highest BCUT2D eigenvalue weighted by atomic mass is 14.4. The van der Waals surface area contributed by atoms with Crippen LogP contribution in [0.5, 0.6) is 0 Å². The topological polar surface area (TPSA) is 0 Å². The molecule has 0 bridgehead atoms. The average molecular weight is 240 g/mol. The first-order valence-electron chi connectivity index (χ1n) is 7.12. The van der Waals surface area contributed by atoms with E-state index in [1.54, 1.807) is 0 Å². The molecule has 0 aromatic rings. The molecule has 0 saturated carbocycles. The Morgan fingerprint density at radius 2 is 0.647 bits per heavy atom. The molecule has 0 saturated heterocycles. The molecule has 0 aromatic carbocycles. The number of hydrogen-bond donors (Lipinski definition) is 0. The Balaban J connectivity index is 4.59.